The first kappa shape index (κ1) is 16.7. The average molecular weight is 341 g/mol. The maximum Gasteiger partial charge on any atom is 0.436 e. The molecule has 0 aliphatic carbocycles. The molecular weight excluding hydrogens is 327 g/mol. The van der Waals surface area contributed by atoms with Crippen LogP contribution < -0.4 is 0 Å². The van der Waals surface area contributed by atoms with Crippen molar-refractivity contribution in [3.63, 3.8) is 0 Å². The van der Waals surface area contributed by atoms with Crippen LogP contribution in [-0.4, -0.2) is 46.2 Å². The molecule has 0 amide bonds. The van der Waals surface area contributed by atoms with E-state index in [1.807, 2.05) is 0 Å². The van der Waals surface area contributed by atoms with Crippen molar-refractivity contribution in [1.82, 2.24) is 14.1 Å². The Bertz CT molecular complexity index is 683. The number of aryl methyl sites for hydroxylation is 1. The first-order valence-electron chi connectivity index (χ1n) is 6.40. The van der Waals surface area contributed by atoms with Crippen molar-refractivity contribution in [3.8, 4) is 0 Å². The predicted octanol–water partition coefficient (Wildman–Crippen LogP) is 1.07. The average Bonchev–Trinajstić information content (AvgIpc) is 2.81. The van der Waals surface area contributed by atoms with Crippen LogP contribution in [0.15, 0.2) is 11.1 Å². The third-order valence-corrected chi connectivity index (χ3v) is 5.30. The highest BCUT2D eigenvalue weighted by molar-refractivity contribution is 7.89. The zero-order valence-electron chi connectivity index (χ0n) is 11.5. The van der Waals surface area contributed by atoms with E-state index in [1.165, 1.54) is 7.05 Å². The Morgan fingerprint density at radius 1 is 1.41 bits per heavy atom. The van der Waals surface area contributed by atoms with Gasteiger partial charge in [0.25, 0.3) is 0 Å². The van der Waals surface area contributed by atoms with E-state index in [1.54, 1.807) is 0 Å². The smallest absolute Gasteiger partial charge is 0.436 e. The Labute approximate surface area is 124 Å². The van der Waals surface area contributed by atoms with E-state index >= 15 is 0 Å². The molecule has 0 bridgehead atoms. The SMILES string of the molecule is Cn1cc(S(=O)(=O)N2CCCCC2C(=O)O)c(C(F)(F)F)n1. The summed E-state index contributed by atoms with van der Waals surface area (Å²) in [6, 6.07) is -1.36. The fraction of sp³-hybridized carbons (Fsp3) is 0.636. The minimum Gasteiger partial charge on any atom is -0.480 e. The molecule has 0 saturated carbocycles. The van der Waals surface area contributed by atoms with Crippen molar-refractivity contribution < 1.29 is 31.5 Å². The van der Waals surface area contributed by atoms with E-state index in [0.29, 0.717) is 17.1 Å². The first-order chi connectivity index (χ1) is 10.0. The molecule has 1 aromatic heterocycles. The Morgan fingerprint density at radius 3 is 2.59 bits per heavy atom. The lowest BCUT2D eigenvalue weighted by molar-refractivity contribution is -0.143. The summed E-state index contributed by atoms with van der Waals surface area (Å²) in [6.07, 6.45) is -3.24. The molecule has 1 N–H and O–H groups in total. The number of aromatic nitrogens is 2. The molecule has 7 nitrogen and oxygen atoms in total. The van der Waals surface area contributed by atoms with Crippen LogP contribution >= 0.6 is 0 Å². The Balaban J connectivity index is 2.53. The van der Waals surface area contributed by atoms with Crippen molar-refractivity contribution in [2.45, 2.75) is 36.4 Å². The van der Waals surface area contributed by atoms with E-state index in [4.69, 9.17) is 5.11 Å². The largest absolute Gasteiger partial charge is 0.480 e. The van der Waals surface area contributed by atoms with Crippen LogP contribution in [0.25, 0.3) is 0 Å². The lowest BCUT2D eigenvalue weighted by Crippen LogP contribution is -2.48. The number of sulfonamides is 1. The lowest BCUT2D eigenvalue weighted by Gasteiger charge is -2.31. The number of piperidine rings is 1. The highest BCUT2D eigenvalue weighted by Crippen LogP contribution is 2.35. The van der Waals surface area contributed by atoms with Gasteiger partial charge in [-0.15, -0.1) is 0 Å². The number of carboxylic acid groups (broad SMARTS) is 1. The number of aliphatic carboxylic acids is 1. The van der Waals surface area contributed by atoms with Gasteiger partial charge in [0.1, 0.15) is 10.9 Å². The Kier molecular flexibility index (Phi) is 4.22. The molecule has 0 aromatic carbocycles. The molecule has 2 heterocycles. The molecule has 124 valence electrons. The molecule has 1 atom stereocenters. The van der Waals surface area contributed by atoms with Gasteiger partial charge in [-0.25, -0.2) is 8.42 Å². The van der Waals surface area contributed by atoms with Crippen molar-refractivity contribution in [2.24, 2.45) is 7.05 Å². The van der Waals surface area contributed by atoms with Crippen LogP contribution in [0, 0.1) is 0 Å². The molecule has 1 unspecified atom stereocenters. The second-order valence-corrected chi connectivity index (χ2v) is 6.84. The summed E-state index contributed by atoms with van der Waals surface area (Å²) in [7, 11) is -3.43. The highest BCUT2D eigenvalue weighted by Gasteiger charge is 2.45. The van der Waals surface area contributed by atoms with Gasteiger partial charge in [-0.05, 0) is 19.3 Å². The second-order valence-electron chi connectivity index (χ2n) is 4.98. The molecule has 1 saturated heterocycles. The van der Waals surface area contributed by atoms with Gasteiger partial charge in [-0.3, -0.25) is 9.48 Å². The van der Waals surface area contributed by atoms with Crippen molar-refractivity contribution in [3.05, 3.63) is 11.9 Å². The molecular formula is C11H14F3N3O4S. The Morgan fingerprint density at radius 2 is 2.05 bits per heavy atom. The summed E-state index contributed by atoms with van der Waals surface area (Å²) in [5, 5.41) is 12.3. The molecule has 0 radical (unpaired) electrons. The third kappa shape index (κ3) is 2.95. The van der Waals surface area contributed by atoms with Gasteiger partial charge < -0.3 is 5.11 Å². The van der Waals surface area contributed by atoms with Gasteiger partial charge in [0.05, 0.1) is 0 Å². The van der Waals surface area contributed by atoms with Gasteiger partial charge in [0.2, 0.25) is 10.0 Å². The molecule has 0 spiro atoms. The quantitative estimate of drug-likeness (QED) is 0.888. The maximum atomic E-state index is 12.9. The molecule has 1 aromatic rings. The second kappa shape index (κ2) is 5.54. The first-order valence-corrected chi connectivity index (χ1v) is 7.84. The normalized spacial score (nSPS) is 21.0. The molecule has 1 fully saturated rings. The number of hydrogen-bond donors (Lipinski definition) is 1. The molecule has 1 aliphatic heterocycles. The van der Waals surface area contributed by atoms with Crippen molar-refractivity contribution in [1.29, 1.82) is 0 Å². The number of carbonyl (C=O) groups is 1. The van der Waals surface area contributed by atoms with Gasteiger partial charge in [-0.2, -0.15) is 22.6 Å². The van der Waals surface area contributed by atoms with Crippen LogP contribution in [0.3, 0.4) is 0 Å². The summed E-state index contributed by atoms with van der Waals surface area (Å²) in [5.41, 5.74) is -1.54. The van der Waals surface area contributed by atoms with Gasteiger partial charge >= 0.3 is 12.1 Å². The number of nitrogens with zero attached hydrogens (tertiary/aromatic N) is 3. The number of carboxylic acids is 1. The highest BCUT2D eigenvalue weighted by atomic mass is 32.2. The maximum absolute atomic E-state index is 12.9. The van der Waals surface area contributed by atoms with Crippen LogP contribution in [-0.2, 0) is 28.0 Å². The summed E-state index contributed by atoms with van der Waals surface area (Å²) in [6.45, 7) is -0.133. The van der Waals surface area contributed by atoms with Crippen molar-refractivity contribution in [2.75, 3.05) is 6.54 Å². The third-order valence-electron chi connectivity index (χ3n) is 3.39. The zero-order chi connectivity index (χ0) is 16.7. The van der Waals surface area contributed by atoms with E-state index in [-0.39, 0.29) is 13.0 Å². The van der Waals surface area contributed by atoms with E-state index in [2.05, 4.69) is 5.10 Å². The van der Waals surface area contributed by atoms with Crippen LogP contribution in [0.1, 0.15) is 25.0 Å². The number of rotatable bonds is 3. The van der Waals surface area contributed by atoms with E-state index in [0.717, 1.165) is 10.9 Å². The van der Waals surface area contributed by atoms with Gasteiger partial charge in [0, 0.05) is 19.8 Å². The van der Waals surface area contributed by atoms with E-state index < -0.39 is 38.8 Å². The monoisotopic (exact) mass is 341 g/mol. The molecule has 1 aliphatic rings. The van der Waals surface area contributed by atoms with Crippen LogP contribution in [0.4, 0.5) is 13.2 Å². The summed E-state index contributed by atoms with van der Waals surface area (Å²) >= 11 is 0. The van der Waals surface area contributed by atoms with Crippen LogP contribution in [0.5, 0.6) is 0 Å². The standard InChI is InChI=1S/C11H14F3N3O4S/c1-16-6-8(9(15-16)11(12,13)14)22(20,21)17-5-3-2-4-7(17)10(18)19/h6-7H,2-5H2,1H3,(H,18,19). The van der Waals surface area contributed by atoms with Gasteiger partial charge in [0.15, 0.2) is 5.69 Å². The predicted molar refractivity (Wildman–Crippen MR) is 67.4 cm³/mol. The summed E-state index contributed by atoms with van der Waals surface area (Å²) in [5.74, 6) is -1.37. The fourth-order valence-electron chi connectivity index (χ4n) is 2.42. The number of hydrogen-bond acceptors (Lipinski definition) is 4. The van der Waals surface area contributed by atoms with Gasteiger partial charge in [-0.1, -0.05) is 0 Å². The number of alkyl halides is 3. The fourth-order valence-corrected chi connectivity index (χ4v) is 4.26. The van der Waals surface area contributed by atoms with Crippen LogP contribution in [0.2, 0.25) is 0 Å². The molecule has 22 heavy (non-hydrogen) atoms. The lowest BCUT2D eigenvalue weighted by atomic mass is 10.1. The number of halogens is 3. The topological polar surface area (TPSA) is 92.5 Å². The minimum absolute atomic E-state index is 0.0657. The summed E-state index contributed by atoms with van der Waals surface area (Å²) < 4.78 is 65.2. The molecule has 11 heteroatoms. The summed E-state index contributed by atoms with van der Waals surface area (Å²) in [4.78, 5) is 10.2. The Hall–Kier alpha value is -1.62. The zero-order valence-corrected chi connectivity index (χ0v) is 12.4. The minimum atomic E-state index is -4.95. The molecule has 2 rings (SSSR count). The van der Waals surface area contributed by atoms with E-state index in [9.17, 15) is 26.4 Å². The van der Waals surface area contributed by atoms with Crippen molar-refractivity contribution >= 4 is 16.0 Å².